The predicted molar refractivity (Wildman–Crippen MR) is 101 cm³/mol. The van der Waals surface area contributed by atoms with E-state index in [9.17, 15) is 9.59 Å². The maximum atomic E-state index is 12.3. The van der Waals surface area contributed by atoms with E-state index < -0.39 is 5.56 Å². The van der Waals surface area contributed by atoms with Gasteiger partial charge in [-0.25, -0.2) is 4.98 Å². The highest BCUT2D eigenvalue weighted by Gasteiger charge is 2.19. The molecule has 3 aromatic heterocycles. The summed E-state index contributed by atoms with van der Waals surface area (Å²) in [6.45, 7) is 6.11. The van der Waals surface area contributed by atoms with Crippen molar-refractivity contribution in [3.05, 3.63) is 70.5 Å². The molecule has 3 N–H and O–H groups in total. The number of halogens is 1. The van der Waals surface area contributed by atoms with Gasteiger partial charge in [0, 0.05) is 16.0 Å². The second-order valence-corrected chi connectivity index (χ2v) is 8.33. The standard InChI is InChI=1S/C17H17ClN4O2S/c1-17(2,3)14-10(19-8-20-14)7-12-16(24)21-11(15(23)22-12)6-9-4-5-13(18)25-9/h4-8H,1-3H3,(H,19,20)(H,21,24)(H,22,23)/b11-6+,12-7+. The van der Waals surface area contributed by atoms with Gasteiger partial charge >= 0.3 is 0 Å². The average molecular weight is 377 g/mol. The Bertz CT molecular complexity index is 1140. The summed E-state index contributed by atoms with van der Waals surface area (Å²) in [5, 5.41) is 0.336. The number of nitrogens with one attached hydrogen (secondary N) is 3. The van der Waals surface area contributed by atoms with Gasteiger partial charge in [-0.15, -0.1) is 11.3 Å². The molecule has 0 aliphatic rings. The van der Waals surface area contributed by atoms with E-state index in [1.807, 2.05) is 20.8 Å². The molecule has 0 saturated carbocycles. The van der Waals surface area contributed by atoms with Crippen molar-refractivity contribution in [2.45, 2.75) is 26.2 Å². The molecule has 3 rings (SSSR count). The average Bonchev–Trinajstić information content (AvgIpc) is 3.13. The van der Waals surface area contributed by atoms with Crippen LogP contribution in [0.2, 0.25) is 4.34 Å². The zero-order valence-corrected chi connectivity index (χ0v) is 15.5. The second-order valence-electron chi connectivity index (χ2n) is 6.58. The number of hydrogen-bond donors (Lipinski definition) is 3. The summed E-state index contributed by atoms with van der Waals surface area (Å²) in [5.74, 6) is 0. The summed E-state index contributed by atoms with van der Waals surface area (Å²) in [7, 11) is 0. The Labute approximate surface area is 151 Å². The van der Waals surface area contributed by atoms with Crippen molar-refractivity contribution < 1.29 is 0 Å². The third kappa shape index (κ3) is 3.83. The highest BCUT2D eigenvalue weighted by atomic mass is 35.5. The Kier molecular flexibility index (Phi) is 4.53. The largest absolute Gasteiger partial charge is 0.348 e. The van der Waals surface area contributed by atoms with Crippen molar-refractivity contribution in [1.29, 1.82) is 0 Å². The molecule has 0 aliphatic heterocycles. The van der Waals surface area contributed by atoms with E-state index in [-0.39, 0.29) is 21.7 Å². The van der Waals surface area contributed by atoms with Crippen LogP contribution in [0.3, 0.4) is 0 Å². The molecule has 8 heteroatoms. The van der Waals surface area contributed by atoms with Gasteiger partial charge in [0.1, 0.15) is 10.7 Å². The minimum atomic E-state index is -0.392. The molecule has 25 heavy (non-hydrogen) atoms. The molecule has 6 nitrogen and oxygen atoms in total. The van der Waals surface area contributed by atoms with E-state index >= 15 is 0 Å². The molecule has 0 amide bonds. The first-order valence-corrected chi connectivity index (χ1v) is 8.79. The fourth-order valence-corrected chi connectivity index (χ4v) is 3.40. The number of imidazole rings is 1. The summed E-state index contributed by atoms with van der Waals surface area (Å²) in [6, 6.07) is 3.52. The summed E-state index contributed by atoms with van der Waals surface area (Å²) in [5.41, 5.74) is 0.563. The van der Waals surface area contributed by atoms with Gasteiger partial charge in [0.25, 0.3) is 11.1 Å². The van der Waals surface area contributed by atoms with E-state index in [2.05, 4.69) is 19.9 Å². The van der Waals surface area contributed by atoms with E-state index in [0.29, 0.717) is 10.0 Å². The lowest BCUT2D eigenvalue weighted by atomic mass is 9.90. The molecule has 3 aromatic rings. The van der Waals surface area contributed by atoms with Crippen LogP contribution in [0.25, 0.3) is 12.2 Å². The lowest BCUT2D eigenvalue weighted by Gasteiger charge is -2.16. The van der Waals surface area contributed by atoms with Crippen molar-refractivity contribution in [2.75, 3.05) is 0 Å². The predicted octanol–water partition coefficient (Wildman–Crippen LogP) is 1.46. The Balaban J connectivity index is 2.14. The number of hydrogen-bond acceptors (Lipinski definition) is 4. The van der Waals surface area contributed by atoms with Crippen LogP contribution in [0.1, 0.15) is 37.0 Å². The molecule has 0 unspecified atom stereocenters. The van der Waals surface area contributed by atoms with Gasteiger partial charge in [-0.3, -0.25) is 9.59 Å². The van der Waals surface area contributed by atoms with Crippen molar-refractivity contribution in [2.24, 2.45) is 0 Å². The molecule has 3 heterocycles. The summed E-state index contributed by atoms with van der Waals surface area (Å²) in [4.78, 5) is 37.9. The second kappa shape index (κ2) is 6.50. The van der Waals surface area contributed by atoms with Crippen molar-refractivity contribution >= 4 is 35.1 Å². The van der Waals surface area contributed by atoms with Gasteiger partial charge in [0.05, 0.1) is 16.4 Å². The van der Waals surface area contributed by atoms with Crippen LogP contribution in [0, 0.1) is 0 Å². The Morgan fingerprint density at radius 3 is 2.28 bits per heavy atom. The third-order valence-electron chi connectivity index (χ3n) is 3.57. The maximum absolute atomic E-state index is 12.3. The molecular weight excluding hydrogens is 360 g/mol. The lowest BCUT2D eigenvalue weighted by Crippen LogP contribution is -2.46. The Morgan fingerprint density at radius 1 is 1.08 bits per heavy atom. The maximum Gasteiger partial charge on any atom is 0.272 e. The van der Waals surface area contributed by atoms with Crippen LogP contribution in [0.5, 0.6) is 0 Å². The summed E-state index contributed by atoms with van der Waals surface area (Å²) < 4.78 is 0.614. The zero-order valence-electron chi connectivity index (χ0n) is 13.9. The lowest BCUT2D eigenvalue weighted by molar-refractivity contribution is 0.571. The normalized spacial score (nSPS) is 13.6. The monoisotopic (exact) mass is 376 g/mol. The molecule has 0 spiro atoms. The first kappa shape index (κ1) is 17.4. The minimum absolute atomic E-state index is 0.156. The third-order valence-corrected chi connectivity index (χ3v) is 4.74. The molecule has 0 saturated heterocycles. The first-order valence-electron chi connectivity index (χ1n) is 7.59. The van der Waals surface area contributed by atoms with Crippen molar-refractivity contribution in [1.82, 2.24) is 19.9 Å². The van der Waals surface area contributed by atoms with Crippen LogP contribution in [-0.4, -0.2) is 19.9 Å². The van der Waals surface area contributed by atoms with Gasteiger partial charge in [0.2, 0.25) is 0 Å². The first-order chi connectivity index (χ1) is 11.7. The van der Waals surface area contributed by atoms with Gasteiger partial charge in [-0.05, 0) is 24.3 Å². The highest BCUT2D eigenvalue weighted by Crippen LogP contribution is 2.23. The quantitative estimate of drug-likeness (QED) is 0.632. The van der Waals surface area contributed by atoms with E-state index in [1.165, 1.54) is 11.3 Å². The zero-order chi connectivity index (χ0) is 18.2. The number of thiophene rings is 1. The topological polar surface area (TPSA) is 94.4 Å². The number of aromatic amines is 3. The highest BCUT2D eigenvalue weighted by molar-refractivity contribution is 7.16. The molecule has 0 fully saturated rings. The minimum Gasteiger partial charge on any atom is -0.348 e. The van der Waals surface area contributed by atoms with E-state index in [4.69, 9.17) is 11.6 Å². The van der Waals surface area contributed by atoms with Crippen LogP contribution in [0.15, 0.2) is 28.0 Å². The Morgan fingerprint density at radius 2 is 1.72 bits per heavy atom. The fraction of sp³-hybridized carbons (Fsp3) is 0.235. The fourth-order valence-electron chi connectivity index (χ4n) is 2.40. The molecule has 0 aliphatic carbocycles. The van der Waals surface area contributed by atoms with Crippen LogP contribution in [-0.2, 0) is 5.41 Å². The molecule has 130 valence electrons. The molecule has 0 atom stereocenters. The molecular formula is C17H17ClN4O2S. The van der Waals surface area contributed by atoms with Crippen molar-refractivity contribution in [3.8, 4) is 0 Å². The van der Waals surface area contributed by atoms with Crippen LogP contribution < -0.4 is 21.8 Å². The molecule has 0 aromatic carbocycles. The number of nitrogens with zero attached hydrogens (tertiary/aromatic N) is 1. The number of rotatable bonds is 2. The Hall–Kier alpha value is -2.38. The summed E-state index contributed by atoms with van der Waals surface area (Å²) >= 11 is 7.20. The van der Waals surface area contributed by atoms with Crippen LogP contribution in [0.4, 0.5) is 0 Å². The molecule has 0 radical (unpaired) electrons. The molecule has 0 bridgehead atoms. The SMILES string of the molecule is CC(C)(C)c1[nH]cnc1/C=c1/[nH]c(=O)/c(=C\c2ccc(Cl)s2)[nH]c1=O. The van der Waals surface area contributed by atoms with Gasteiger partial charge in [-0.2, -0.15) is 0 Å². The van der Waals surface area contributed by atoms with Crippen molar-refractivity contribution in [3.63, 3.8) is 0 Å². The smallest absolute Gasteiger partial charge is 0.272 e. The van der Waals surface area contributed by atoms with E-state index in [0.717, 1.165) is 10.6 Å². The number of aromatic nitrogens is 4. The number of H-pyrrole nitrogens is 3. The van der Waals surface area contributed by atoms with Gasteiger partial charge < -0.3 is 15.0 Å². The van der Waals surface area contributed by atoms with Gasteiger partial charge in [-0.1, -0.05) is 32.4 Å². The summed E-state index contributed by atoms with van der Waals surface area (Å²) in [6.07, 6.45) is 4.74. The van der Waals surface area contributed by atoms with E-state index in [1.54, 1.807) is 30.6 Å². The van der Waals surface area contributed by atoms with Gasteiger partial charge in [0.15, 0.2) is 0 Å². The van der Waals surface area contributed by atoms with Crippen LogP contribution >= 0.6 is 22.9 Å².